The van der Waals surface area contributed by atoms with Crippen LogP contribution in [0.1, 0.15) is 49.9 Å². The Morgan fingerprint density at radius 3 is 2.18 bits per heavy atom. The molecule has 0 saturated heterocycles. The van der Waals surface area contributed by atoms with Crippen LogP contribution in [0.5, 0.6) is 0 Å². The second kappa shape index (κ2) is 7.49. The summed E-state index contributed by atoms with van der Waals surface area (Å²) in [5.41, 5.74) is 0.616. The molecule has 0 aliphatic carbocycles. The third-order valence-corrected chi connectivity index (χ3v) is 3.10. The van der Waals surface area contributed by atoms with Gasteiger partial charge >= 0.3 is 5.97 Å². The molecule has 0 spiro atoms. The van der Waals surface area contributed by atoms with Crippen LogP contribution in [0.4, 0.5) is 0 Å². The van der Waals surface area contributed by atoms with Gasteiger partial charge in [-0.2, -0.15) is 0 Å². The predicted octanol–water partition coefficient (Wildman–Crippen LogP) is 4.57. The fraction of sp³-hybridized carbons (Fsp3) is 0.500. The van der Waals surface area contributed by atoms with Crippen molar-refractivity contribution >= 4 is 21.9 Å². The molecule has 0 N–H and O–H groups in total. The summed E-state index contributed by atoms with van der Waals surface area (Å²) < 4.78 is 6.47. The number of benzene rings is 1. The van der Waals surface area contributed by atoms with Crippen molar-refractivity contribution in [2.24, 2.45) is 0 Å². The van der Waals surface area contributed by atoms with Gasteiger partial charge in [0.15, 0.2) is 0 Å². The minimum absolute atomic E-state index is 0.0566. The molecule has 1 aromatic rings. The zero-order chi connectivity index (χ0) is 12.7. The fourth-order valence-corrected chi connectivity index (χ4v) is 1.98. The Bertz CT molecular complexity index is 340. The van der Waals surface area contributed by atoms with Crippen LogP contribution >= 0.6 is 15.9 Å². The van der Waals surface area contributed by atoms with E-state index >= 15 is 0 Å². The maximum Gasteiger partial charge on any atom is 0.338 e. The summed E-state index contributed by atoms with van der Waals surface area (Å²) in [6, 6.07) is 7.26. The zero-order valence-electron chi connectivity index (χ0n) is 10.4. The first-order chi connectivity index (χ1) is 8.17. The van der Waals surface area contributed by atoms with E-state index in [1.165, 1.54) is 0 Å². The van der Waals surface area contributed by atoms with E-state index in [4.69, 9.17) is 4.74 Å². The van der Waals surface area contributed by atoms with Gasteiger partial charge in [0.25, 0.3) is 0 Å². The summed E-state index contributed by atoms with van der Waals surface area (Å²) in [5.74, 6) is -0.218. The smallest absolute Gasteiger partial charge is 0.338 e. The Morgan fingerprint density at radius 2 is 1.71 bits per heavy atom. The number of esters is 1. The number of hydrogen-bond donors (Lipinski definition) is 0. The van der Waals surface area contributed by atoms with E-state index in [-0.39, 0.29) is 12.1 Å². The first-order valence-corrected chi connectivity index (χ1v) is 6.93. The van der Waals surface area contributed by atoms with Crippen molar-refractivity contribution in [2.75, 3.05) is 0 Å². The molecule has 94 valence electrons. The molecule has 0 amide bonds. The molecule has 0 unspecified atom stereocenters. The van der Waals surface area contributed by atoms with E-state index in [0.717, 1.165) is 30.2 Å². The van der Waals surface area contributed by atoms with Crippen molar-refractivity contribution in [3.05, 3.63) is 34.3 Å². The predicted molar refractivity (Wildman–Crippen MR) is 73.2 cm³/mol. The van der Waals surface area contributed by atoms with Crippen LogP contribution in [-0.4, -0.2) is 12.1 Å². The summed E-state index contributed by atoms with van der Waals surface area (Å²) in [6.45, 7) is 4.21. The number of halogens is 1. The zero-order valence-corrected chi connectivity index (χ0v) is 12.0. The van der Waals surface area contributed by atoms with Gasteiger partial charge < -0.3 is 4.74 Å². The van der Waals surface area contributed by atoms with Crippen LogP contribution in [0.3, 0.4) is 0 Å². The van der Waals surface area contributed by atoms with Gasteiger partial charge in [0.1, 0.15) is 6.10 Å². The first kappa shape index (κ1) is 14.2. The lowest BCUT2D eigenvalue weighted by Gasteiger charge is -2.16. The maximum atomic E-state index is 11.9. The van der Waals surface area contributed by atoms with E-state index in [2.05, 4.69) is 29.8 Å². The SMILES string of the molecule is CCCC(CCC)OC(=O)c1ccc(Br)cc1. The van der Waals surface area contributed by atoms with Crippen molar-refractivity contribution in [2.45, 2.75) is 45.6 Å². The molecule has 17 heavy (non-hydrogen) atoms. The molecule has 0 bridgehead atoms. The lowest BCUT2D eigenvalue weighted by Crippen LogP contribution is -2.18. The quantitative estimate of drug-likeness (QED) is 0.719. The van der Waals surface area contributed by atoms with Crippen LogP contribution < -0.4 is 0 Å². The minimum atomic E-state index is -0.218. The number of hydrogen-bond acceptors (Lipinski definition) is 2. The Kier molecular flexibility index (Phi) is 6.27. The van der Waals surface area contributed by atoms with Crippen molar-refractivity contribution in [1.82, 2.24) is 0 Å². The van der Waals surface area contributed by atoms with Gasteiger partial charge in [-0.05, 0) is 37.1 Å². The van der Waals surface area contributed by atoms with Gasteiger partial charge in [-0.25, -0.2) is 4.79 Å². The molecular weight excluding hydrogens is 280 g/mol. The number of rotatable bonds is 6. The van der Waals surface area contributed by atoms with Gasteiger partial charge in [-0.3, -0.25) is 0 Å². The lowest BCUT2D eigenvalue weighted by atomic mass is 10.1. The third-order valence-electron chi connectivity index (χ3n) is 2.57. The molecule has 0 saturated carbocycles. The second-order valence-electron chi connectivity index (χ2n) is 4.11. The molecule has 1 rings (SSSR count). The highest BCUT2D eigenvalue weighted by atomic mass is 79.9. The average molecular weight is 299 g/mol. The molecule has 0 aliphatic heterocycles. The molecule has 3 heteroatoms. The van der Waals surface area contributed by atoms with Crippen LogP contribution in [0, 0.1) is 0 Å². The molecule has 0 radical (unpaired) electrons. The summed E-state index contributed by atoms with van der Waals surface area (Å²) >= 11 is 3.34. The third kappa shape index (κ3) is 4.90. The van der Waals surface area contributed by atoms with Crippen LogP contribution in [0.2, 0.25) is 0 Å². The molecule has 0 aromatic heterocycles. The molecule has 1 aromatic carbocycles. The summed E-state index contributed by atoms with van der Waals surface area (Å²) in [6.07, 6.45) is 4.02. The van der Waals surface area contributed by atoms with Crippen molar-refractivity contribution in [1.29, 1.82) is 0 Å². The van der Waals surface area contributed by atoms with E-state index in [1.54, 1.807) is 12.1 Å². The Labute approximate surface area is 111 Å². The maximum absolute atomic E-state index is 11.9. The summed E-state index contributed by atoms with van der Waals surface area (Å²) in [4.78, 5) is 11.9. The normalized spacial score (nSPS) is 10.6. The molecular formula is C14H19BrO2. The molecule has 0 fully saturated rings. The standard InChI is InChI=1S/C14H19BrO2/c1-3-5-13(6-4-2)17-14(16)11-7-9-12(15)10-8-11/h7-10,13H,3-6H2,1-2H3. The fourth-order valence-electron chi connectivity index (χ4n) is 1.71. The summed E-state index contributed by atoms with van der Waals surface area (Å²) in [7, 11) is 0. The van der Waals surface area contributed by atoms with E-state index in [0.29, 0.717) is 5.56 Å². The summed E-state index contributed by atoms with van der Waals surface area (Å²) in [5, 5.41) is 0. The van der Waals surface area contributed by atoms with Gasteiger partial charge in [-0.1, -0.05) is 42.6 Å². The average Bonchev–Trinajstić information content (AvgIpc) is 2.30. The highest BCUT2D eigenvalue weighted by Gasteiger charge is 2.14. The number of ether oxygens (including phenoxy) is 1. The van der Waals surface area contributed by atoms with E-state index < -0.39 is 0 Å². The van der Waals surface area contributed by atoms with Crippen molar-refractivity contribution < 1.29 is 9.53 Å². The van der Waals surface area contributed by atoms with Crippen molar-refractivity contribution in [3.63, 3.8) is 0 Å². The van der Waals surface area contributed by atoms with Crippen molar-refractivity contribution in [3.8, 4) is 0 Å². The molecule has 0 atom stereocenters. The monoisotopic (exact) mass is 298 g/mol. The van der Waals surface area contributed by atoms with Crippen LogP contribution in [0.25, 0.3) is 0 Å². The van der Waals surface area contributed by atoms with E-state index in [9.17, 15) is 4.79 Å². The Hall–Kier alpha value is -0.830. The lowest BCUT2D eigenvalue weighted by molar-refractivity contribution is 0.0258. The highest BCUT2D eigenvalue weighted by molar-refractivity contribution is 9.10. The molecule has 0 aliphatic rings. The van der Waals surface area contributed by atoms with Gasteiger partial charge in [-0.15, -0.1) is 0 Å². The topological polar surface area (TPSA) is 26.3 Å². The Balaban J connectivity index is 2.60. The van der Waals surface area contributed by atoms with Gasteiger partial charge in [0.2, 0.25) is 0 Å². The van der Waals surface area contributed by atoms with Crippen LogP contribution in [-0.2, 0) is 4.74 Å². The Morgan fingerprint density at radius 1 is 1.18 bits per heavy atom. The number of carbonyl (C=O) groups is 1. The largest absolute Gasteiger partial charge is 0.459 e. The molecule has 0 heterocycles. The van der Waals surface area contributed by atoms with Gasteiger partial charge in [0.05, 0.1) is 5.56 Å². The minimum Gasteiger partial charge on any atom is -0.459 e. The molecule has 2 nitrogen and oxygen atoms in total. The second-order valence-corrected chi connectivity index (χ2v) is 5.03. The first-order valence-electron chi connectivity index (χ1n) is 6.14. The van der Waals surface area contributed by atoms with Gasteiger partial charge in [0, 0.05) is 4.47 Å². The van der Waals surface area contributed by atoms with Crippen LogP contribution in [0.15, 0.2) is 28.7 Å². The number of carbonyl (C=O) groups excluding carboxylic acids is 1. The van der Waals surface area contributed by atoms with E-state index in [1.807, 2.05) is 12.1 Å². The highest BCUT2D eigenvalue weighted by Crippen LogP contribution is 2.15.